The normalized spacial score (nSPS) is 13.0. The molecule has 0 unspecified atom stereocenters. The van der Waals surface area contributed by atoms with Gasteiger partial charge in [-0.1, -0.05) is 0 Å². The van der Waals surface area contributed by atoms with Crippen molar-refractivity contribution in [3.63, 3.8) is 0 Å². The second kappa shape index (κ2) is 6.86. The van der Waals surface area contributed by atoms with Crippen molar-refractivity contribution in [2.24, 2.45) is 0 Å². The summed E-state index contributed by atoms with van der Waals surface area (Å²) in [6.07, 6.45) is 1.57. The number of nitrogens with one attached hydrogen (secondary N) is 3. The third-order valence-corrected chi connectivity index (χ3v) is 4.52. The number of halogens is 1. The van der Waals surface area contributed by atoms with E-state index in [0.717, 1.165) is 11.8 Å². The second-order valence-electron chi connectivity index (χ2n) is 4.78. The van der Waals surface area contributed by atoms with Gasteiger partial charge in [0.05, 0.1) is 24.5 Å². The highest BCUT2D eigenvalue weighted by molar-refractivity contribution is 7.89. The molecular weight excluding hydrogens is 311 g/mol. The third kappa shape index (κ3) is 4.03. The Bertz CT molecular complexity index is 719. The molecule has 0 spiro atoms. The first-order valence-corrected chi connectivity index (χ1v) is 8.05. The Morgan fingerprint density at radius 1 is 1.41 bits per heavy atom. The number of aliphatic hydroxyl groups excluding tert-OH is 1. The van der Waals surface area contributed by atoms with Crippen molar-refractivity contribution in [1.82, 2.24) is 14.9 Å². The lowest BCUT2D eigenvalue weighted by Gasteiger charge is -2.15. The lowest BCUT2D eigenvalue weighted by Crippen LogP contribution is -2.35. The fraction of sp³-hybridized carbons (Fsp3) is 0.308. The van der Waals surface area contributed by atoms with Crippen LogP contribution in [-0.2, 0) is 16.6 Å². The van der Waals surface area contributed by atoms with Crippen LogP contribution in [0.4, 0.5) is 10.1 Å². The number of aromatic amines is 1. The standard InChI is InChI=1S/C13H17FN4O3S/c1-9(8-19)18-22(20,21)13-6-10(14)2-3-12(13)15-7-11-4-5-16-17-11/h2-6,9,15,18-19H,7-8H2,1H3,(H,16,17)/t9-/m0/s1. The van der Waals surface area contributed by atoms with Gasteiger partial charge in [-0.05, 0) is 31.2 Å². The maximum absolute atomic E-state index is 13.4. The van der Waals surface area contributed by atoms with Gasteiger partial charge in [-0.25, -0.2) is 17.5 Å². The molecule has 2 rings (SSSR count). The Morgan fingerprint density at radius 3 is 2.82 bits per heavy atom. The summed E-state index contributed by atoms with van der Waals surface area (Å²) >= 11 is 0. The Hall–Kier alpha value is -1.97. The Labute approximate surface area is 127 Å². The van der Waals surface area contributed by atoms with Gasteiger partial charge in [-0.3, -0.25) is 5.10 Å². The first-order valence-electron chi connectivity index (χ1n) is 6.57. The molecule has 4 N–H and O–H groups in total. The van der Waals surface area contributed by atoms with Gasteiger partial charge in [0.15, 0.2) is 0 Å². The number of rotatable bonds is 7. The van der Waals surface area contributed by atoms with Crippen molar-refractivity contribution < 1.29 is 17.9 Å². The van der Waals surface area contributed by atoms with Crippen LogP contribution >= 0.6 is 0 Å². The van der Waals surface area contributed by atoms with Crippen molar-refractivity contribution in [3.05, 3.63) is 42.0 Å². The number of H-pyrrole nitrogens is 1. The largest absolute Gasteiger partial charge is 0.395 e. The number of anilines is 1. The molecule has 120 valence electrons. The smallest absolute Gasteiger partial charge is 0.243 e. The summed E-state index contributed by atoms with van der Waals surface area (Å²) in [4.78, 5) is -0.215. The molecule has 0 fully saturated rings. The molecule has 0 aliphatic heterocycles. The van der Waals surface area contributed by atoms with Crippen LogP contribution in [0.5, 0.6) is 0 Å². The van der Waals surface area contributed by atoms with Crippen LogP contribution in [-0.4, -0.2) is 36.4 Å². The monoisotopic (exact) mass is 328 g/mol. The molecule has 0 amide bonds. The highest BCUT2D eigenvalue weighted by atomic mass is 32.2. The molecule has 0 bridgehead atoms. The van der Waals surface area contributed by atoms with Gasteiger partial charge in [0.2, 0.25) is 10.0 Å². The Balaban J connectivity index is 2.27. The molecule has 0 radical (unpaired) electrons. The van der Waals surface area contributed by atoms with Crippen molar-refractivity contribution in [1.29, 1.82) is 0 Å². The van der Waals surface area contributed by atoms with Gasteiger partial charge >= 0.3 is 0 Å². The van der Waals surface area contributed by atoms with E-state index >= 15 is 0 Å². The molecule has 0 aliphatic rings. The van der Waals surface area contributed by atoms with Gasteiger partial charge in [0.25, 0.3) is 0 Å². The third-order valence-electron chi connectivity index (χ3n) is 2.89. The average Bonchev–Trinajstić information content (AvgIpc) is 2.98. The molecule has 9 heteroatoms. The zero-order valence-corrected chi connectivity index (χ0v) is 12.7. The second-order valence-corrected chi connectivity index (χ2v) is 6.46. The summed E-state index contributed by atoms with van der Waals surface area (Å²) in [7, 11) is -3.95. The van der Waals surface area contributed by atoms with Gasteiger partial charge in [-0.2, -0.15) is 5.10 Å². The van der Waals surface area contributed by atoms with Crippen LogP contribution in [0, 0.1) is 5.82 Å². The Morgan fingerprint density at radius 2 is 2.18 bits per heavy atom. The highest BCUT2D eigenvalue weighted by Crippen LogP contribution is 2.23. The van der Waals surface area contributed by atoms with Crippen LogP contribution in [0.25, 0.3) is 0 Å². The number of nitrogens with zero attached hydrogens (tertiary/aromatic N) is 1. The maximum atomic E-state index is 13.4. The average molecular weight is 328 g/mol. The minimum atomic E-state index is -3.95. The number of hydrogen-bond donors (Lipinski definition) is 4. The van der Waals surface area contributed by atoms with E-state index in [4.69, 9.17) is 5.11 Å². The van der Waals surface area contributed by atoms with Crippen molar-refractivity contribution in [2.45, 2.75) is 24.4 Å². The maximum Gasteiger partial charge on any atom is 0.243 e. The van der Waals surface area contributed by atoms with Crippen LogP contribution in [0.15, 0.2) is 35.4 Å². The first-order chi connectivity index (χ1) is 10.4. The zero-order chi connectivity index (χ0) is 16.2. The van der Waals surface area contributed by atoms with Crippen molar-refractivity contribution >= 4 is 15.7 Å². The molecule has 0 saturated heterocycles. The van der Waals surface area contributed by atoms with Crippen LogP contribution in [0.3, 0.4) is 0 Å². The summed E-state index contributed by atoms with van der Waals surface area (Å²) in [5.74, 6) is -0.663. The predicted molar refractivity (Wildman–Crippen MR) is 79.2 cm³/mol. The van der Waals surface area contributed by atoms with E-state index in [1.54, 1.807) is 12.3 Å². The number of hydrogen-bond acceptors (Lipinski definition) is 5. The quantitative estimate of drug-likeness (QED) is 0.602. The van der Waals surface area contributed by atoms with E-state index in [2.05, 4.69) is 20.2 Å². The molecule has 0 saturated carbocycles. The van der Waals surface area contributed by atoms with E-state index in [1.807, 2.05) is 0 Å². The molecule has 22 heavy (non-hydrogen) atoms. The molecule has 0 aliphatic carbocycles. The minimum absolute atomic E-state index is 0.215. The van der Waals surface area contributed by atoms with Crippen molar-refractivity contribution in [2.75, 3.05) is 11.9 Å². The summed E-state index contributed by atoms with van der Waals surface area (Å²) in [6, 6.07) is 4.51. The zero-order valence-electron chi connectivity index (χ0n) is 11.9. The molecule has 1 aromatic heterocycles. The van der Waals surface area contributed by atoms with Gasteiger partial charge in [0.1, 0.15) is 10.7 Å². The van der Waals surface area contributed by atoms with E-state index in [9.17, 15) is 12.8 Å². The lowest BCUT2D eigenvalue weighted by atomic mass is 10.3. The summed E-state index contributed by atoms with van der Waals surface area (Å²) < 4.78 is 40.3. The fourth-order valence-electron chi connectivity index (χ4n) is 1.80. The topological polar surface area (TPSA) is 107 Å². The van der Waals surface area contributed by atoms with Crippen LogP contribution in [0.2, 0.25) is 0 Å². The predicted octanol–water partition coefficient (Wildman–Crippen LogP) is 0.820. The Kier molecular flexibility index (Phi) is 5.11. The first kappa shape index (κ1) is 16.4. The van der Waals surface area contributed by atoms with Crippen LogP contribution < -0.4 is 10.0 Å². The minimum Gasteiger partial charge on any atom is -0.395 e. The number of aromatic nitrogens is 2. The van der Waals surface area contributed by atoms with Gasteiger partial charge in [0, 0.05) is 12.2 Å². The van der Waals surface area contributed by atoms with E-state index in [0.29, 0.717) is 6.54 Å². The summed E-state index contributed by atoms with van der Waals surface area (Å²) in [5, 5.41) is 18.4. The van der Waals surface area contributed by atoms with E-state index in [1.165, 1.54) is 19.1 Å². The fourth-order valence-corrected chi connectivity index (χ4v) is 3.23. The van der Waals surface area contributed by atoms with E-state index in [-0.39, 0.29) is 17.2 Å². The van der Waals surface area contributed by atoms with Gasteiger partial charge < -0.3 is 10.4 Å². The summed E-state index contributed by atoms with van der Waals surface area (Å²) in [5.41, 5.74) is 1.01. The van der Waals surface area contributed by atoms with Gasteiger partial charge in [-0.15, -0.1) is 0 Å². The molecule has 7 nitrogen and oxygen atoms in total. The van der Waals surface area contributed by atoms with Crippen molar-refractivity contribution in [3.8, 4) is 0 Å². The molecular formula is C13H17FN4O3S. The van der Waals surface area contributed by atoms with Crippen LogP contribution in [0.1, 0.15) is 12.6 Å². The summed E-state index contributed by atoms with van der Waals surface area (Å²) in [6.45, 7) is 1.46. The SMILES string of the molecule is C[C@@H](CO)NS(=O)(=O)c1cc(F)ccc1NCc1ccn[nH]1. The number of aliphatic hydroxyl groups is 1. The molecule has 1 aromatic carbocycles. The lowest BCUT2D eigenvalue weighted by molar-refractivity contribution is 0.265. The van der Waals surface area contributed by atoms with E-state index < -0.39 is 21.9 Å². The molecule has 1 atom stereocenters. The molecule has 2 aromatic rings. The highest BCUT2D eigenvalue weighted by Gasteiger charge is 2.21. The number of sulfonamides is 1. The molecule has 1 heterocycles. The number of benzene rings is 1.